The average Bonchev–Trinajstić information content (AvgIpc) is 3.19. The summed E-state index contributed by atoms with van der Waals surface area (Å²) in [5.41, 5.74) is 0.319. The highest BCUT2D eigenvalue weighted by Gasteiger charge is 2.19. The minimum Gasteiger partial charge on any atom is -0.489 e. The lowest BCUT2D eigenvalue weighted by Gasteiger charge is -2.23. The summed E-state index contributed by atoms with van der Waals surface area (Å²) < 4.78 is 13.2. The standard InChI is InChI=1S/C21H28ClN5O4/c1-26(2)10-11-27-9-8-19(25-27)24-21(29)20(28)23-17-13-15(22)6-7-18(17)31-14-16-5-3-4-12-30-16/h6-9,13,16H,3-5,10-12,14H2,1-2H3,(H,23,28)(H,24,25,29). The van der Waals surface area contributed by atoms with Crippen LogP contribution in [0.1, 0.15) is 19.3 Å². The lowest BCUT2D eigenvalue weighted by molar-refractivity contribution is -0.133. The van der Waals surface area contributed by atoms with E-state index in [2.05, 4.69) is 15.7 Å². The van der Waals surface area contributed by atoms with Crippen LogP contribution in [0.3, 0.4) is 0 Å². The second-order valence-corrected chi connectivity index (χ2v) is 8.05. The Morgan fingerprint density at radius 3 is 2.81 bits per heavy atom. The summed E-state index contributed by atoms with van der Waals surface area (Å²) in [6.07, 6.45) is 4.84. The quantitative estimate of drug-likeness (QED) is 0.601. The first-order valence-corrected chi connectivity index (χ1v) is 10.6. The van der Waals surface area contributed by atoms with Crippen molar-refractivity contribution in [1.82, 2.24) is 14.7 Å². The van der Waals surface area contributed by atoms with Gasteiger partial charge in [0.25, 0.3) is 0 Å². The molecule has 1 unspecified atom stereocenters. The van der Waals surface area contributed by atoms with E-state index < -0.39 is 11.8 Å². The van der Waals surface area contributed by atoms with E-state index in [9.17, 15) is 9.59 Å². The van der Waals surface area contributed by atoms with E-state index in [1.807, 2.05) is 19.0 Å². The zero-order valence-electron chi connectivity index (χ0n) is 17.8. The van der Waals surface area contributed by atoms with Crippen molar-refractivity contribution in [3.8, 4) is 5.75 Å². The van der Waals surface area contributed by atoms with Gasteiger partial charge >= 0.3 is 11.8 Å². The van der Waals surface area contributed by atoms with Crippen molar-refractivity contribution < 1.29 is 19.1 Å². The second-order valence-electron chi connectivity index (χ2n) is 7.62. The smallest absolute Gasteiger partial charge is 0.315 e. The van der Waals surface area contributed by atoms with Gasteiger partial charge in [-0.15, -0.1) is 0 Å². The van der Waals surface area contributed by atoms with Gasteiger partial charge in [-0.25, -0.2) is 0 Å². The van der Waals surface area contributed by atoms with Gasteiger partial charge in [0.2, 0.25) is 0 Å². The van der Waals surface area contributed by atoms with Crippen LogP contribution in [0.15, 0.2) is 30.5 Å². The van der Waals surface area contributed by atoms with E-state index >= 15 is 0 Å². The molecule has 2 aromatic rings. The van der Waals surface area contributed by atoms with E-state index in [1.54, 1.807) is 35.1 Å². The molecule has 0 radical (unpaired) electrons. The van der Waals surface area contributed by atoms with Crippen LogP contribution in [0.2, 0.25) is 5.02 Å². The number of carbonyl (C=O) groups is 2. The summed E-state index contributed by atoms with van der Waals surface area (Å²) in [4.78, 5) is 26.8. The molecule has 0 saturated carbocycles. The molecule has 168 valence electrons. The first-order chi connectivity index (χ1) is 14.9. The van der Waals surface area contributed by atoms with Crippen molar-refractivity contribution in [2.75, 3.05) is 44.5 Å². The molecular weight excluding hydrogens is 422 g/mol. The molecular formula is C21H28ClN5O4. The molecule has 1 aliphatic heterocycles. The molecule has 2 N–H and O–H groups in total. The third-order valence-electron chi connectivity index (χ3n) is 4.75. The minimum absolute atomic E-state index is 0.0129. The Hall–Kier alpha value is -2.62. The molecule has 1 fully saturated rings. The lowest BCUT2D eigenvalue weighted by Crippen LogP contribution is -2.30. The van der Waals surface area contributed by atoms with Gasteiger partial charge in [0.15, 0.2) is 5.82 Å². The van der Waals surface area contributed by atoms with Gasteiger partial charge in [0, 0.05) is 30.4 Å². The maximum atomic E-state index is 12.4. The molecule has 9 nitrogen and oxygen atoms in total. The number of rotatable bonds is 8. The van der Waals surface area contributed by atoms with Crippen molar-refractivity contribution in [3.05, 3.63) is 35.5 Å². The zero-order valence-corrected chi connectivity index (χ0v) is 18.5. The Kier molecular flexibility index (Phi) is 8.27. The van der Waals surface area contributed by atoms with Crippen molar-refractivity contribution in [3.63, 3.8) is 0 Å². The number of halogens is 1. The number of anilines is 2. The predicted octanol–water partition coefficient (Wildman–Crippen LogP) is 2.62. The van der Waals surface area contributed by atoms with Crippen LogP contribution in [0.5, 0.6) is 5.75 Å². The summed E-state index contributed by atoms with van der Waals surface area (Å²) in [6, 6.07) is 6.50. The summed E-state index contributed by atoms with van der Waals surface area (Å²) in [6.45, 7) is 2.56. The van der Waals surface area contributed by atoms with Crippen molar-refractivity contribution in [2.24, 2.45) is 0 Å². The number of nitrogens with zero attached hydrogens (tertiary/aromatic N) is 3. The molecule has 2 amide bonds. The molecule has 1 atom stereocenters. The normalized spacial score (nSPS) is 16.2. The molecule has 1 saturated heterocycles. The summed E-state index contributed by atoms with van der Waals surface area (Å²) in [7, 11) is 3.93. The Morgan fingerprint density at radius 1 is 1.26 bits per heavy atom. The summed E-state index contributed by atoms with van der Waals surface area (Å²) >= 11 is 6.06. The van der Waals surface area contributed by atoms with Crippen LogP contribution in [0, 0.1) is 0 Å². The fraction of sp³-hybridized carbons (Fsp3) is 0.476. The van der Waals surface area contributed by atoms with E-state index in [4.69, 9.17) is 21.1 Å². The number of aromatic nitrogens is 2. The van der Waals surface area contributed by atoms with E-state index in [1.165, 1.54) is 0 Å². The molecule has 3 rings (SSSR count). The molecule has 1 aliphatic rings. The largest absolute Gasteiger partial charge is 0.489 e. The van der Waals surface area contributed by atoms with Crippen LogP contribution in [0.25, 0.3) is 0 Å². The highest BCUT2D eigenvalue weighted by atomic mass is 35.5. The van der Waals surface area contributed by atoms with Crippen LogP contribution in [0.4, 0.5) is 11.5 Å². The number of hydrogen-bond donors (Lipinski definition) is 2. The highest BCUT2D eigenvalue weighted by Crippen LogP contribution is 2.29. The Labute approximate surface area is 186 Å². The molecule has 0 aliphatic carbocycles. The molecule has 1 aromatic carbocycles. The molecule has 10 heteroatoms. The number of amides is 2. The van der Waals surface area contributed by atoms with E-state index in [0.717, 1.165) is 32.4 Å². The zero-order chi connectivity index (χ0) is 22.2. The highest BCUT2D eigenvalue weighted by molar-refractivity contribution is 6.43. The van der Waals surface area contributed by atoms with Gasteiger partial charge < -0.3 is 25.0 Å². The third-order valence-corrected chi connectivity index (χ3v) is 4.99. The van der Waals surface area contributed by atoms with Crippen LogP contribution in [-0.4, -0.2) is 66.5 Å². The average molecular weight is 450 g/mol. The monoisotopic (exact) mass is 449 g/mol. The topological polar surface area (TPSA) is 97.7 Å². The van der Waals surface area contributed by atoms with E-state index in [-0.39, 0.29) is 6.10 Å². The minimum atomic E-state index is -0.844. The number of hydrogen-bond acceptors (Lipinski definition) is 6. The first-order valence-electron chi connectivity index (χ1n) is 10.2. The SMILES string of the molecule is CN(C)CCn1ccc(NC(=O)C(=O)Nc2cc(Cl)ccc2OCC2CCCCO2)n1. The van der Waals surface area contributed by atoms with Gasteiger partial charge in [0.1, 0.15) is 12.4 Å². The number of likely N-dealkylation sites (N-methyl/N-ethyl adjacent to an activating group) is 1. The van der Waals surface area contributed by atoms with Gasteiger partial charge in [-0.1, -0.05) is 11.6 Å². The second kappa shape index (κ2) is 11.1. The maximum Gasteiger partial charge on any atom is 0.315 e. The van der Waals surface area contributed by atoms with Gasteiger partial charge in [-0.05, 0) is 51.6 Å². The van der Waals surface area contributed by atoms with Gasteiger partial charge in [-0.3, -0.25) is 14.3 Å². The number of carbonyl (C=O) groups excluding carboxylic acids is 2. The van der Waals surface area contributed by atoms with Crippen LogP contribution in [-0.2, 0) is 20.9 Å². The van der Waals surface area contributed by atoms with Crippen molar-refractivity contribution >= 4 is 34.9 Å². The van der Waals surface area contributed by atoms with Crippen molar-refractivity contribution in [1.29, 1.82) is 0 Å². The first kappa shape index (κ1) is 23.1. The molecule has 31 heavy (non-hydrogen) atoms. The van der Waals surface area contributed by atoms with E-state index in [0.29, 0.717) is 35.4 Å². The Balaban J connectivity index is 1.57. The molecule has 2 heterocycles. The van der Waals surface area contributed by atoms with Gasteiger partial charge in [-0.2, -0.15) is 5.10 Å². The molecule has 0 spiro atoms. The molecule has 1 aromatic heterocycles. The maximum absolute atomic E-state index is 12.4. The lowest BCUT2D eigenvalue weighted by atomic mass is 10.1. The summed E-state index contributed by atoms with van der Waals surface area (Å²) in [5, 5.41) is 9.72. The van der Waals surface area contributed by atoms with Crippen molar-refractivity contribution in [2.45, 2.75) is 31.9 Å². The fourth-order valence-electron chi connectivity index (χ4n) is 3.05. The molecule has 0 bridgehead atoms. The predicted molar refractivity (Wildman–Crippen MR) is 119 cm³/mol. The van der Waals surface area contributed by atoms with Crippen LogP contribution >= 0.6 is 11.6 Å². The van der Waals surface area contributed by atoms with Gasteiger partial charge in [0.05, 0.1) is 18.3 Å². The third kappa shape index (κ3) is 7.23. The van der Waals surface area contributed by atoms with Crippen LogP contribution < -0.4 is 15.4 Å². The number of benzene rings is 1. The number of ether oxygens (including phenoxy) is 2. The Bertz CT molecular complexity index is 896. The summed E-state index contributed by atoms with van der Waals surface area (Å²) in [5.74, 6) is -0.952. The Morgan fingerprint density at radius 2 is 2.06 bits per heavy atom. The fourth-order valence-corrected chi connectivity index (χ4v) is 3.23. The number of nitrogens with one attached hydrogen (secondary N) is 2.